The maximum absolute atomic E-state index is 12.2. The molecule has 0 bridgehead atoms. The topological polar surface area (TPSA) is 31.2 Å². The van der Waals surface area contributed by atoms with Crippen molar-refractivity contribution >= 4 is 28.6 Å². The summed E-state index contributed by atoms with van der Waals surface area (Å²) in [5, 5.41) is 0.977. The Hall–Kier alpha value is -2.26. The first kappa shape index (κ1) is 13.7. The normalized spacial score (nSPS) is 10.7. The molecule has 0 saturated heterocycles. The average molecular weight is 300 g/mol. The van der Waals surface area contributed by atoms with Crippen molar-refractivity contribution in [3.05, 3.63) is 71.9 Å². The quantitative estimate of drug-likeness (QED) is 0.664. The van der Waals surface area contributed by atoms with Gasteiger partial charge in [-0.05, 0) is 29.3 Å². The maximum atomic E-state index is 12.2. The largest absolute Gasteiger partial charge is 0.444 e. The fourth-order valence-corrected chi connectivity index (χ4v) is 2.39. The zero-order chi connectivity index (χ0) is 14.7. The number of alkyl halides is 1. The van der Waals surface area contributed by atoms with Crippen molar-refractivity contribution in [3.63, 3.8) is 0 Å². The van der Waals surface area contributed by atoms with E-state index in [0.29, 0.717) is 5.88 Å². The van der Waals surface area contributed by atoms with Gasteiger partial charge in [0.25, 0.3) is 0 Å². The molecule has 0 amide bonds. The van der Waals surface area contributed by atoms with E-state index in [4.69, 9.17) is 16.3 Å². The molecule has 0 aliphatic heterocycles. The van der Waals surface area contributed by atoms with Crippen molar-refractivity contribution in [2.24, 2.45) is 0 Å². The van der Waals surface area contributed by atoms with Crippen LogP contribution in [0.5, 0.6) is 0 Å². The lowest BCUT2D eigenvalue weighted by Gasteiger charge is -2.07. The summed E-state index contributed by atoms with van der Waals surface area (Å²) >= 11 is 5.82. The highest BCUT2D eigenvalue weighted by Crippen LogP contribution is 2.19. The van der Waals surface area contributed by atoms with E-state index in [-0.39, 0.29) is 12.7 Å². The van der Waals surface area contributed by atoms with Gasteiger partial charge in [-0.1, -0.05) is 36.4 Å². The van der Waals surface area contributed by atoms with Gasteiger partial charge in [0.1, 0.15) is 6.61 Å². The Morgan fingerprint density at radius 2 is 1.86 bits per heavy atom. The van der Waals surface area contributed by atoms with Crippen molar-refractivity contribution in [1.29, 1.82) is 0 Å². The van der Waals surface area contributed by atoms with Crippen molar-refractivity contribution < 1.29 is 9.53 Å². The van der Waals surface area contributed by atoms with Gasteiger partial charge in [-0.15, -0.1) is 11.6 Å². The molecule has 0 atom stereocenters. The van der Waals surface area contributed by atoms with Gasteiger partial charge in [0, 0.05) is 17.5 Å². The number of carbonyl (C=O) groups is 1. The van der Waals surface area contributed by atoms with Gasteiger partial charge >= 0.3 is 6.09 Å². The molecule has 4 heteroatoms. The molecule has 3 aromatic rings. The Labute approximate surface area is 127 Å². The molecule has 106 valence electrons. The Kier molecular flexibility index (Phi) is 3.93. The van der Waals surface area contributed by atoms with E-state index in [1.807, 2.05) is 54.6 Å². The molecule has 0 N–H and O–H groups in total. The number of rotatable bonds is 3. The number of nitrogens with zero attached hydrogens (tertiary/aromatic N) is 1. The lowest BCUT2D eigenvalue weighted by molar-refractivity contribution is 0.142. The van der Waals surface area contributed by atoms with Gasteiger partial charge in [-0.2, -0.15) is 0 Å². The zero-order valence-corrected chi connectivity index (χ0v) is 12.1. The molecule has 1 aromatic heterocycles. The number of carbonyl (C=O) groups excluding carboxylic acids is 1. The minimum absolute atomic E-state index is 0.263. The smallest absolute Gasteiger partial charge is 0.418 e. The summed E-state index contributed by atoms with van der Waals surface area (Å²) in [4.78, 5) is 12.2. The number of halogens is 1. The van der Waals surface area contributed by atoms with Crippen LogP contribution in [-0.2, 0) is 17.2 Å². The van der Waals surface area contributed by atoms with Crippen LogP contribution in [-0.4, -0.2) is 10.7 Å². The molecule has 0 unspecified atom stereocenters. The summed E-state index contributed by atoms with van der Waals surface area (Å²) in [5.74, 6) is 0.458. The van der Waals surface area contributed by atoms with Crippen LogP contribution >= 0.6 is 11.6 Å². The van der Waals surface area contributed by atoms with E-state index in [0.717, 1.165) is 22.0 Å². The Bertz CT molecular complexity index is 765. The molecule has 1 heterocycles. The highest BCUT2D eigenvalue weighted by molar-refractivity contribution is 6.17. The second-order valence-corrected chi connectivity index (χ2v) is 5.02. The van der Waals surface area contributed by atoms with E-state index >= 15 is 0 Å². The van der Waals surface area contributed by atoms with Gasteiger partial charge in [-0.25, -0.2) is 4.79 Å². The predicted octanol–water partition coefficient (Wildman–Crippen LogP) is 4.57. The molecular weight excluding hydrogens is 286 g/mol. The molecule has 0 aliphatic rings. The van der Waals surface area contributed by atoms with Crippen molar-refractivity contribution in [1.82, 2.24) is 4.57 Å². The molecule has 3 nitrogen and oxygen atoms in total. The van der Waals surface area contributed by atoms with Crippen molar-refractivity contribution in [3.8, 4) is 0 Å². The van der Waals surface area contributed by atoms with Gasteiger partial charge in [-0.3, -0.25) is 4.57 Å². The van der Waals surface area contributed by atoms with E-state index in [2.05, 4.69) is 0 Å². The first-order valence-electron chi connectivity index (χ1n) is 6.65. The van der Waals surface area contributed by atoms with E-state index < -0.39 is 0 Å². The van der Waals surface area contributed by atoms with E-state index in [1.54, 1.807) is 6.20 Å². The Balaban J connectivity index is 1.78. The highest BCUT2D eigenvalue weighted by Gasteiger charge is 2.10. The summed E-state index contributed by atoms with van der Waals surface area (Å²) < 4.78 is 6.85. The lowest BCUT2D eigenvalue weighted by atomic mass is 10.2. The standard InChI is InChI=1S/C17H14ClNO2/c18-11-14-6-7-16-15(10-14)8-9-19(16)17(20)21-12-13-4-2-1-3-5-13/h1-10H,11-12H2. The lowest BCUT2D eigenvalue weighted by Crippen LogP contribution is -2.12. The number of aromatic nitrogens is 1. The third kappa shape index (κ3) is 2.93. The van der Waals surface area contributed by atoms with E-state index in [1.165, 1.54) is 4.57 Å². The van der Waals surface area contributed by atoms with Crippen LogP contribution in [0.4, 0.5) is 4.79 Å². The molecular formula is C17H14ClNO2. The van der Waals surface area contributed by atoms with Gasteiger partial charge in [0.05, 0.1) is 5.52 Å². The first-order chi connectivity index (χ1) is 10.3. The van der Waals surface area contributed by atoms with E-state index in [9.17, 15) is 4.79 Å². The SMILES string of the molecule is O=C(OCc1ccccc1)n1ccc2cc(CCl)ccc21. The predicted molar refractivity (Wildman–Crippen MR) is 83.5 cm³/mol. The summed E-state index contributed by atoms with van der Waals surface area (Å²) in [7, 11) is 0. The van der Waals surface area contributed by atoms with Crippen LogP contribution < -0.4 is 0 Å². The molecule has 0 spiro atoms. The third-order valence-electron chi connectivity index (χ3n) is 3.31. The second-order valence-electron chi connectivity index (χ2n) is 4.75. The van der Waals surface area contributed by atoms with Gasteiger partial charge < -0.3 is 4.74 Å². The van der Waals surface area contributed by atoms with Crippen molar-refractivity contribution in [2.45, 2.75) is 12.5 Å². The number of hydrogen-bond donors (Lipinski definition) is 0. The summed E-state index contributed by atoms with van der Waals surface area (Å²) in [6, 6.07) is 17.3. The average Bonchev–Trinajstić information content (AvgIpc) is 2.96. The fraction of sp³-hybridized carbons (Fsp3) is 0.118. The zero-order valence-electron chi connectivity index (χ0n) is 11.3. The fourth-order valence-electron chi connectivity index (χ4n) is 2.22. The number of fused-ring (bicyclic) bond motifs is 1. The molecule has 0 fully saturated rings. The third-order valence-corrected chi connectivity index (χ3v) is 3.62. The van der Waals surface area contributed by atoms with Gasteiger partial charge in [0.15, 0.2) is 0 Å². The van der Waals surface area contributed by atoms with Crippen LogP contribution in [0.15, 0.2) is 60.8 Å². The molecule has 0 aliphatic carbocycles. The molecule has 0 saturated carbocycles. The first-order valence-corrected chi connectivity index (χ1v) is 7.18. The van der Waals surface area contributed by atoms with Crippen molar-refractivity contribution in [2.75, 3.05) is 0 Å². The Morgan fingerprint density at radius 1 is 1.05 bits per heavy atom. The monoisotopic (exact) mass is 299 g/mol. The van der Waals surface area contributed by atoms with Crippen LogP contribution in [0.1, 0.15) is 11.1 Å². The highest BCUT2D eigenvalue weighted by atomic mass is 35.5. The van der Waals surface area contributed by atoms with Crippen LogP contribution in [0.3, 0.4) is 0 Å². The molecule has 0 radical (unpaired) electrons. The van der Waals surface area contributed by atoms with Crippen LogP contribution in [0, 0.1) is 0 Å². The summed E-state index contributed by atoms with van der Waals surface area (Å²) in [6.45, 7) is 0.263. The number of ether oxygens (including phenoxy) is 1. The van der Waals surface area contributed by atoms with Gasteiger partial charge in [0.2, 0.25) is 0 Å². The number of benzene rings is 2. The Morgan fingerprint density at radius 3 is 2.62 bits per heavy atom. The number of hydrogen-bond acceptors (Lipinski definition) is 2. The summed E-state index contributed by atoms with van der Waals surface area (Å²) in [6.07, 6.45) is 1.34. The molecule has 3 rings (SSSR count). The minimum atomic E-state index is -0.382. The van der Waals surface area contributed by atoms with Crippen LogP contribution in [0.25, 0.3) is 10.9 Å². The molecule has 2 aromatic carbocycles. The second kappa shape index (κ2) is 6.02. The summed E-state index contributed by atoms with van der Waals surface area (Å²) in [5.41, 5.74) is 2.81. The molecule has 21 heavy (non-hydrogen) atoms. The maximum Gasteiger partial charge on any atom is 0.418 e. The minimum Gasteiger partial charge on any atom is -0.444 e. The van der Waals surface area contributed by atoms with Crippen LogP contribution in [0.2, 0.25) is 0 Å².